The predicted octanol–water partition coefficient (Wildman–Crippen LogP) is -0.552. The second kappa shape index (κ2) is 5.11. The maximum atomic E-state index is 11.7. The molecule has 0 saturated carbocycles. The Labute approximate surface area is 89.8 Å². The van der Waals surface area contributed by atoms with Gasteiger partial charge in [-0.3, -0.25) is 9.59 Å². The zero-order valence-corrected chi connectivity index (χ0v) is 9.11. The molecule has 1 aliphatic rings. The summed E-state index contributed by atoms with van der Waals surface area (Å²) in [5, 5.41) is 0. The normalized spacial score (nSPS) is 26.4. The second-order valence-electron chi connectivity index (χ2n) is 4.25. The molecule has 4 N–H and O–H groups in total. The molecule has 1 aliphatic heterocycles. The molecule has 86 valence electrons. The number of carbonyl (C=O) groups excluding carboxylic acids is 2. The quantitative estimate of drug-likeness (QED) is 0.616. The maximum absolute atomic E-state index is 11.7. The fourth-order valence-corrected chi connectivity index (χ4v) is 2.05. The summed E-state index contributed by atoms with van der Waals surface area (Å²) in [5.41, 5.74) is 10.6. The number of rotatable bonds is 3. The van der Waals surface area contributed by atoms with Gasteiger partial charge in [-0.05, 0) is 18.8 Å². The summed E-state index contributed by atoms with van der Waals surface area (Å²) in [7, 11) is 0. The molecule has 0 bridgehead atoms. The van der Waals surface area contributed by atoms with Gasteiger partial charge in [0.1, 0.15) is 6.42 Å². The summed E-state index contributed by atoms with van der Waals surface area (Å²) >= 11 is 0. The van der Waals surface area contributed by atoms with E-state index < -0.39 is 5.91 Å². The van der Waals surface area contributed by atoms with Crippen molar-refractivity contribution in [3.63, 3.8) is 0 Å². The van der Waals surface area contributed by atoms with Gasteiger partial charge < -0.3 is 16.4 Å². The van der Waals surface area contributed by atoms with Crippen LogP contribution in [-0.4, -0.2) is 35.8 Å². The predicted molar refractivity (Wildman–Crippen MR) is 56.8 cm³/mol. The van der Waals surface area contributed by atoms with E-state index >= 15 is 0 Å². The third-order valence-electron chi connectivity index (χ3n) is 2.90. The summed E-state index contributed by atoms with van der Waals surface area (Å²) in [6, 6.07) is 0.0700. The third kappa shape index (κ3) is 3.20. The maximum Gasteiger partial charge on any atom is 0.232 e. The first kappa shape index (κ1) is 12.0. The SMILES string of the molecule is CC1CCN(C(=O)CC(N)=O)C(CN)C1. The second-order valence-corrected chi connectivity index (χ2v) is 4.25. The molecule has 1 fully saturated rings. The van der Waals surface area contributed by atoms with Crippen LogP contribution in [0.4, 0.5) is 0 Å². The first-order valence-corrected chi connectivity index (χ1v) is 5.32. The van der Waals surface area contributed by atoms with Gasteiger partial charge in [0.15, 0.2) is 0 Å². The summed E-state index contributed by atoms with van der Waals surface area (Å²) in [6.07, 6.45) is 1.69. The highest BCUT2D eigenvalue weighted by Gasteiger charge is 2.29. The highest BCUT2D eigenvalue weighted by molar-refractivity contribution is 5.96. The van der Waals surface area contributed by atoms with Crippen LogP contribution in [0.15, 0.2) is 0 Å². The molecule has 0 aromatic heterocycles. The molecule has 0 aromatic carbocycles. The van der Waals surface area contributed by atoms with Gasteiger partial charge in [0.05, 0.1) is 0 Å². The number of primary amides is 1. The minimum Gasteiger partial charge on any atom is -0.369 e. The molecular weight excluding hydrogens is 194 g/mol. The largest absolute Gasteiger partial charge is 0.369 e. The minimum absolute atomic E-state index is 0.0700. The molecule has 2 amide bonds. The van der Waals surface area contributed by atoms with Crippen molar-refractivity contribution < 1.29 is 9.59 Å². The van der Waals surface area contributed by atoms with E-state index in [9.17, 15) is 9.59 Å². The van der Waals surface area contributed by atoms with Crippen LogP contribution in [0.3, 0.4) is 0 Å². The van der Waals surface area contributed by atoms with E-state index in [0.29, 0.717) is 19.0 Å². The van der Waals surface area contributed by atoms with Crippen molar-refractivity contribution in [1.82, 2.24) is 4.90 Å². The van der Waals surface area contributed by atoms with Gasteiger partial charge in [-0.2, -0.15) is 0 Å². The first-order valence-electron chi connectivity index (χ1n) is 5.32. The van der Waals surface area contributed by atoms with Crippen LogP contribution in [-0.2, 0) is 9.59 Å². The fraction of sp³-hybridized carbons (Fsp3) is 0.800. The van der Waals surface area contributed by atoms with E-state index in [1.165, 1.54) is 0 Å². The molecule has 0 spiro atoms. The average molecular weight is 213 g/mol. The van der Waals surface area contributed by atoms with Crippen molar-refractivity contribution in [2.45, 2.75) is 32.2 Å². The molecule has 15 heavy (non-hydrogen) atoms. The number of carbonyl (C=O) groups is 2. The van der Waals surface area contributed by atoms with E-state index in [-0.39, 0.29) is 18.4 Å². The van der Waals surface area contributed by atoms with Crippen LogP contribution in [0.1, 0.15) is 26.2 Å². The Kier molecular flexibility index (Phi) is 4.08. The third-order valence-corrected chi connectivity index (χ3v) is 2.90. The lowest BCUT2D eigenvalue weighted by Crippen LogP contribution is -2.50. The van der Waals surface area contributed by atoms with Gasteiger partial charge in [0.2, 0.25) is 11.8 Å². The van der Waals surface area contributed by atoms with E-state index in [4.69, 9.17) is 11.5 Å². The van der Waals surface area contributed by atoms with Crippen LogP contribution < -0.4 is 11.5 Å². The number of nitrogens with zero attached hydrogens (tertiary/aromatic N) is 1. The average Bonchev–Trinajstić information content (AvgIpc) is 2.16. The van der Waals surface area contributed by atoms with Gasteiger partial charge in [-0.1, -0.05) is 6.92 Å². The number of hydrogen-bond donors (Lipinski definition) is 2. The molecule has 5 heteroatoms. The number of hydrogen-bond acceptors (Lipinski definition) is 3. The standard InChI is InChI=1S/C10H19N3O2/c1-7-2-3-13(8(4-7)6-11)10(15)5-9(12)14/h7-8H,2-6,11H2,1H3,(H2,12,14). The van der Waals surface area contributed by atoms with E-state index in [2.05, 4.69) is 6.92 Å². The van der Waals surface area contributed by atoms with Crippen LogP contribution in [0, 0.1) is 5.92 Å². The zero-order valence-electron chi connectivity index (χ0n) is 9.11. The Morgan fingerprint density at radius 1 is 1.47 bits per heavy atom. The summed E-state index contributed by atoms with van der Waals surface area (Å²) in [5.74, 6) is -0.171. The van der Waals surface area contributed by atoms with Gasteiger partial charge in [0.25, 0.3) is 0 Å². The molecule has 0 aliphatic carbocycles. The van der Waals surface area contributed by atoms with Gasteiger partial charge >= 0.3 is 0 Å². The van der Waals surface area contributed by atoms with Crippen molar-refractivity contribution >= 4 is 11.8 Å². The number of piperidine rings is 1. The minimum atomic E-state index is -0.575. The fourth-order valence-electron chi connectivity index (χ4n) is 2.05. The molecule has 0 radical (unpaired) electrons. The monoisotopic (exact) mass is 213 g/mol. The Balaban J connectivity index is 2.58. The Hall–Kier alpha value is -1.10. The lowest BCUT2D eigenvalue weighted by atomic mass is 9.92. The van der Waals surface area contributed by atoms with E-state index in [0.717, 1.165) is 12.8 Å². The van der Waals surface area contributed by atoms with Crippen molar-refractivity contribution in [1.29, 1.82) is 0 Å². The van der Waals surface area contributed by atoms with Crippen molar-refractivity contribution in [3.05, 3.63) is 0 Å². The van der Waals surface area contributed by atoms with E-state index in [1.807, 2.05) is 0 Å². The first-order chi connectivity index (χ1) is 7.04. The molecule has 1 rings (SSSR count). The van der Waals surface area contributed by atoms with Gasteiger partial charge in [-0.15, -0.1) is 0 Å². The van der Waals surface area contributed by atoms with Crippen molar-refractivity contribution in [2.75, 3.05) is 13.1 Å². The highest BCUT2D eigenvalue weighted by atomic mass is 16.2. The Morgan fingerprint density at radius 3 is 2.67 bits per heavy atom. The van der Waals surface area contributed by atoms with Crippen LogP contribution in [0.25, 0.3) is 0 Å². The number of amides is 2. The molecule has 1 saturated heterocycles. The van der Waals surface area contributed by atoms with Crippen LogP contribution in [0.5, 0.6) is 0 Å². The van der Waals surface area contributed by atoms with Crippen LogP contribution in [0.2, 0.25) is 0 Å². The molecule has 1 heterocycles. The number of likely N-dealkylation sites (tertiary alicyclic amines) is 1. The Bertz CT molecular complexity index is 255. The van der Waals surface area contributed by atoms with Crippen molar-refractivity contribution in [3.8, 4) is 0 Å². The lowest BCUT2D eigenvalue weighted by molar-refractivity contribution is -0.138. The van der Waals surface area contributed by atoms with Crippen LogP contribution >= 0.6 is 0 Å². The van der Waals surface area contributed by atoms with Gasteiger partial charge in [-0.25, -0.2) is 0 Å². The lowest BCUT2D eigenvalue weighted by Gasteiger charge is -2.37. The summed E-state index contributed by atoms with van der Waals surface area (Å²) in [6.45, 7) is 3.29. The highest BCUT2D eigenvalue weighted by Crippen LogP contribution is 2.22. The Morgan fingerprint density at radius 2 is 2.13 bits per heavy atom. The molecule has 5 nitrogen and oxygen atoms in total. The number of nitrogens with two attached hydrogens (primary N) is 2. The molecule has 0 aromatic rings. The summed E-state index contributed by atoms with van der Waals surface area (Å²) in [4.78, 5) is 24.0. The summed E-state index contributed by atoms with van der Waals surface area (Å²) < 4.78 is 0. The topological polar surface area (TPSA) is 89.4 Å². The smallest absolute Gasteiger partial charge is 0.232 e. The van der Waals surface area contributed by atoms with E-state index in [1.54, 1.807) is 4.90 Å². The molecular formula is C10H19N3O2. The molecule has 2 unspecified atom stereocenters. The van der Waals surface area contributed by atoms with Gasteiger partial charge in [0, 0.05) is 19.1 Å². The molecule has 2 atom stereocenters. The van der Waals surface area contributed by atoms with Crippen molar-refractivity contribution in [2.24, 2.45) is 17.4 Å². The zero-order chi connectivity index (χ0) is 11.4.